The van der Waals surface area contributed by atoms with Crippen molar-refractivity contribution < 1.29 is 38.3 Å². The minimum atomic E-state index is -0.669. The molecular formula is C27H21ClN4O9S. The highest BCUT2D eigenvalue weighted by Crippen LogP contribution is 2.36. The molecule has 13 nitrogen and oxygen atoms in total. The zero-order valence-corrected chi connectivity index (χ0v) is 23.6. The Morgan fingerprint density at radius 2 is 1.93 bits per heavy atom. The maximum absolute atomic E-state index is 13.0. The van der Waals surface area contributed by atoms with E-state index < -0.39 is 34.5 Å². The van der Waals surface area contributed by atoms with Crippen molar-refractivity contribution in [3.63, 3.8) is 0 Å². The number of hydrogen-bond acceptors (Lipinski definition) is 11. The molecular weight excluding hydrogens is 592 g/mol. The maximum Gasteiger partial charge on any atom is 0.339 e. The summed E-state index contributed by atoms with van der Waals surface area (Å²) in [4.78, 5) is 65.2. The standard InChI is InChI=1S/C27H21ClN4O9S/c1-3-40-26(35)18-12-16(5-7-19(18)28)30-23(33)14-31-25(34)22(42-27(31)36)11-15-4-8-20(21(10-15)39-2)41-24-9-6-17(13-29-24)32(37)38/h4-13H,3,14H2,1-2H3,(H,30,33)/b22-11+. The Morgan fingerprint density at radius 1 is 1.14 bits per heavy atom. The van der Waals surface area contributed by atoms with Crippen LogP contribution in [0.3, 0.4) is 0 Å². The number of nitrogens with one attached hydrogen (secondary N) is 1. The van der Waals surface area contributed by atoms with Gasteiger partial charge >= 0.3 is 5.97 Å². The molecule has 0 saturated carbocycles. The van der Waals surface area contributed by atoms with Crippen molar-refractivity contribution >= 4 is 63.8 Å². The molecule has 0 aliphatic carbocycles. The number of ether oxygens (including phenoxy) is 3. The Labute approximate surface area is 247 Å². The lowest BCUT2D eigenvalue weighted by Gasteiger charge is -2.13. The minimum Gasteiger partial charge on any atom is -0.493 e. The van der Waals surface area contributed by atoms with E-state index in [1.54, 1.807) is 25.1 Å². The second kappa shape index (κ2) is 13.1. The molecule has 4 rings (SSSR count). The number of amides is 3. The van der Waals surface area contributed by atoms with Crippen LogP contribution < -0.4 is 14.8 Å². The predicted molar refractivity (Wildman–Crippen MR) is 153 cm³/mol. The van der Waals surface area contributed by atoms with Crippen LogP contribution in [0, 0.1) is 10.1 Å². The van der Waals surface area contributed by atoms with Crippen LogP contribution in [0.2, 0.25) is 5.02 Å². The third-order valence-electron chi connectivity index (χ3n) is 5.55. The van der Waals surface area contributed by atoms with E-state index >= 15 is 0 Å². The van der Waals surface area contributed by atoms with Gasteiger partial charge in [0.25, 0.3) is 16.8 Å². The van der Waals surface area contributed by atoms with E-state index in [4.69, 9.17) is 25.8 Å². The highest BCUT2D eigenvalue weighted by atomic mass is 35.5. The number of carbonyl (C=O) groups excluding carboxylic acids is 4. The fraction of sp³-hybridized carbons (Fsp3) is 0.148. The molecule has 15 heteroatoms. The molecule has 1 fully saturated rings. The summed E-state index contributed by atoms with van der Waals surface area (Å²) in [6, 6.07) is 11.5. The Kier molecular flexibility index (Phi) is 9.39. The lowest BCUT2D eigenvalue weighted by molar-refractivity contribution is -0.385. The van der Waals surface area contributed by atoms with E-state index in [1.807, 2.05) is 0 Å². The second-order valence-corrected chi connectivity index (χ2v) is 9.76. The van der Waals surface area contributed by atoms with Crippen molar-refractivity contribution in [1.29, 1.82) is 0 Å². The highest BCUT2D eigenvalue weighted by molar-refractivity contribution is 8.18. The molecule has 0 spiro atoms. The van der Waals surface area contributed by atoms with E-state index in [2.05, 4.69) is 10.3 Å². The molecule has 1 aromatic heterocycles. The van der Waals surface area contributed by atoms with Crippen LogP contribution in [-0.2, 0) is 14.3 Å². The number of hydrogen-bond donors (Lipinski definition) is 1. The van der Waals surface area contributed by atoms with Gasteiger partial charge in [-0.2, -0.15) is 0 Å². The number of methoxy groups -OCH3 is 1. The van der Waals surface area contributed by atoms with E-state index in [9.17, 15) is 29.3 Å². The number of nitrogens with zero attached hydrogens (tertiary/aromatic N) is 3. The molecule has 2 aromatic carbocycles. The van der Waals surface area contributed by atoms with Crippen molar-refractivity contribution in [1.82, 2.24) is 9.88 Å². The molecule has 1 aliphatic rings. The minimum absolute atomic E-state index is 0.0567. The molecule has 3 aromatic rings. The summed E-state index contributed by atoms with van der Waals surface area (Å²) in [6.07, 6.45) is 2.52. The van der Waals surface area contributed by atoms with Gasteiger partial charge in [-0.1, -0.05) is 17.7 Å². The molecule has 0 unspecified atom stereocenters. The zero-order valence-electron chi connectivity index (χ0n) is 22.0. The number of pyridine rings is 1. The Balaban J connectivity index is 1.44. The molecule has 1 saturated heterocycles. The molecule has 3 amide bonds. The number of carbonyl (C=O) groups is 4. The average molecular weight is 613 g/mol. The number of benzene rings is 2. The second-order valence-electron chi connectivity index (χ2n) is 8.36. The van der Waals surface area contributed by atoms with Crippen molar-refractivity contribution in [2.45, 2.75) is 6.92 Å². The van der Waals surface area contributed by atoms with Gasteiger partial charge in [-0.15, -0.1) is 0 Å². The topological polar surface area (TPSA) is 167 Å². The summed E-state index contributed by atoms with van der Waals surface area (Å²) in [6.45, 7) is 1.23. The molecule has 1 aliphatic heterocycles. The molecule has 0 atom stereocenters. The third kappa shape index (κ3) is 7.03. The quantitative estimate of drug-likeness (QED) is 0.137. The van der Waals surface area contributed by atoms with Gasteiger partial charge in [0, 0.05) is 17.8 Å². The number of aromatic nitrogens is 1. The molecule has 2 heterocycles. The van der Waals surface area contributed by atoms with E-state index in [-0.39, 0.29) is 50.9 Å². The van der Waals surface area contributed by atoms with Gasteiger partial charge in [0.15, 0.2) is 11.5 Å². The molecule has 0 radical (unpaired) electrons. The van der Waals surface area contributed by atoms with Gasteiger partial charge in [0.2, 0.25) is 11.8 Å². The van der Waals surface area contributed by atoms with Gasteiger partial charge in [0.1, 0.15) is 12.7 Å². The van der Waals surface area contributed by atoms with Crippen LogP contribution >= 0.6 is 23.4 Å². The van der Waals surface area contributed by atoms with Gasteiger partial charge in [0.05, 0.1) is 34.1 Å². The van der Waals surface area contributed by atoms with Crippen LogP contribution in [0.4, 0.5) is 16.2 Å². The van der Waals surface area contributed by atoms with Gasteiger partial charge in [-0.25, -0.2) is 9.78 Å². The maximum atomic E-state index is 13.0. The Hall–Kier alpha value is -4.95. The van der Waals surface area contributed by atoms with Crippen molar-refractivity contribution in [3.05, 3.63) is 85.9 Å². The van der Waals surface area contributed by atoms with Gasteiger partial charge in [-0.3, -0.25) is 29.4 Å². The number of thioether (sulfide) groups is 1. The van der Waals surface area contributed by atoms with Gasteiger partial charge < -0.3 is 19.5 Å². The van der Waals surface area contributed by atoms with E-state index in [1.165, 1.54) is 43.5 Å². The third-order valence-corrected chi connectivity index (χ3v) is 6.79. The van der Waals surface area contributed by atoms with Crippen molar-refractivity contribution in [2.75, 3.05) is 25.6 Å². The first-order chi connectivity index (χ1) is 20.1. The monoisotopic (exact) mass is 612 g/mol. The fourth-order valence-electron chi connectivity index (χ4n) is 3.61. The van der Waals surface area contributed by atoms with Crippen LogP contribution in [0.15, 0.2) is 59.6 Å². The van der Waals surface area contributed by atoms with E-state index in [0.717, 1.165) is 11.1 Å². The van der Waals surface area contributed by atoms with Gasteiger partial charge in [-0.05, 0) is 60.7 Å². The van der Waals surface area contributed by atoms with E-state index in [0.29, 0.717) is 17.3 Å². The predicted octanol–water partition coefficient (Wildman–Crippen LogP) is 5.30. The SMILES string of the molecule is CCOC(=O)c1cc(NC(=O)CN2C(=O)S/C(=C/c3ccc(Oc4ccc([N+](=O)[O-])cn4)c(OC)c3)C2=O)ccc1Cl. The molecule has 0 bridgehead atoms. The summed E-state index contributed by atoms with van der Waals surface area (Å²) in [5, 5.41) is 12.9. The first-order valence-electron chi connectivity index (χ1n) is 12.1. The summed E-state index contributed by atoms with van der Waals surface area (Å²) in [7, 11) is 1.40. The van der Waals surface area contributed by atoms with Crippen molar-refractivity contribution in [3.8, 4) is 17.4 Å². The van der Waals surface area contributed by atoms with Crippen molar-refractivity contribution in [2.24, 2.45) is 0 Å². The largest absolute Gasteiger partial charge is 0.493 e. The Morgan fingerprint density at radius 3 is 2.60 bits per heavy atom. The number of imide groups is 1. The van der Waals surface area contributed by atoms with Crippen LogP contribution in [-0.4, -0.2) is 58.1 Å². The summed E-state index contributed by atoms with van der Waals surface area (Å²) in [5.74, 6) is -1.37. The average Bonchev–Trinajstić information content (AvgIpc) is 3.22. The zero-order chi connectivity index (χ0) is 30.4. The number of nitro groups is 1. The lowest BCUT2D eigenvalue weighted by atomic mass is 10.2. The first kappa shape index (κ1) is 30.0. The lowest BCUT2D eigenvalue weighted by Crippen LogP contribution is -2.36. The normalized spacial score (nSPS) is 13.7. The van der Waals surface area contributed by atoms with Crippen LogP contribution in [0.1, 0.15) is 22.8 Å². The molecule has 1 N–H and O–H groups in total. The van der Waals surface area contributed by atoms with Crippen LogP contribution in [0.25, 0.3) is 6.08 Å². The van der Waals surface area contributed by atoms with Crippen LogP contribution in [0.5, 0.6) is 17.4 Å². The fourth-order valence-corrected chi connectivity index (χ4v) is 4.64. The number of esters is 1. The number of halogens is 1. The number of anilines is 1. The smallest absolute Gasteiger partial charge is 0.339 e. The summed E-state index contributed by atoms with van der Waals surface area (Å²) < 4.78 is 16.0. The highest BCUT2D eigenvalue weighted by Gasteiger charge is 2.36. The molecule has 216 valence electrons. The summed E-state index contributed by atoms with van der Waals surface area (Å²) in [5.41, 5.74) is 0.595. The Bertz CT molecular complexity index is 1610. The molecule has 42 heavy (non-hydrogen) atoms. The first-order valence-corrected chi connectivity index (χ1v) is 13.3. The number of rotatable bonds is 10. The summed E-state index contributed by atoms with van der Waals surface area (Å²) >= 11 is 6.71.